The van der Waals surface area contributed by atoms with E-state index in [-0.39, 0.29) is 98.7 Å². The number of allylic oxidation sites excluding steroid dienone is 4. The second-order valence-electron chi connectivity index (χ2n) is 24.9. The summed E-state index contributed by atoms with van der Waals surface area (Å²) in [5, 5.41) is 16.9. The third kappa shape index (κ3) is 16.7. The second-order valence-corrected chi connectivity index (χ2v) is 28.0. The van der Waals surface area contributed by atoms with Crippen molar-refractivity contribution in [2.45, 2.75) is 219 Å². The molecule has 1 aromatic rings. The quantitative estimate of drug-likeness (QED) is 0.0195. The zero-order chi connectivity index (χ0) is 61.5. The maximum atomic E-state index is 17.8. The Bertz CT molecular complexity index is 2680. The molecular formula is C64H92F2N3O13PS. The number of aliphatic hydroxyl groups excluding tert-OH is 1. The van der Waals surface area contributed by atoms with Crippen molar-refractivity contribution in [2.24, 2.45) is 46.2 Å². The molecule has 3 amide bonds. The van der Waals surface area contributed by atoms with E-state index in [4.69, 9.17) is 19.7 Å². The zero-order valence-corrected chi connectivity index (χ0v) is 51.9. The number of ketones is 3. The van der Waals surface area contributed by atoms with Crippen molar-refractivity contribution in [1.82, 2.24) is 10.6 Å². The Morgan fingerprint density at radius 2 is 1.62 bits per heavy atom. The summed E-state index contributed by atoms with van der Waals surface area (Å²) in [4.78, 5) is 102. The number of hydrogen-bond acceptors (Lipinski definition) is 13. The van der Waals surface area contributed by atoms with Gasteiger partial charge in [-0.05, 0) is 112 Å². The normalized spacial score (nSPS) is 29.5. The first-order valence-electron chi connectivity index (χ1n) is 30.7. The molecule has 0 aromatic heterocycles. The topological polar surface area (TPSA) is 255 Å². The third-order valence-corrected chi connectivity index (χ3v) is 21.1. The predicted molar refractivity (Wildman–Crippen MR) is 319 cm³/mol. The number of amides is 3. The lowest BCUT2D eigenvalue weighted by atomic mass is 9.44. The second kappa shape index (κ2) is 30.9. The van der Waals surface area contributed by atoms with E-state index in [9.17, 15) is 48.1 Å². The van der Waals surface area contributed by atoms with Gasteiger partial charge in [-0.3, -0.25) is 33.3 Å². The predicted octanol–water partition coefficient (Wildman–Crippen LogP) is 10.7. The molecule has 0 bridgehead atoms. The average molecular weight is 1210 g/mol. The number of nitrogens with two attached hydrogens (primary N) is 1. The number of esters is 1. The van der Waals surface area contributed by atoms with Crippen LogP contribution in [0.25, 0.3) is 0 Å². The minimum Gasteiger partial charge on any atom is -0.449 e. The van der Waals surface area contributed by atoms with Gasteiger partial charge in [0.2, 0.25) is 11.0 Å². The molecule has 13 atom stereocenters. The lowest BCUT2D eigenvalue weighted by Crippen LogP contribution is -2.70. The van der Waals surface area contributed by atoms with Gasteiger partial charge in [0.1, 0.15) is 18.9 Å². The lowest BCUT2D eigenvalue weighted by Gasteiger charge is -2.63. The van der Waals surface area contributed by atoms with Crippen LogP contribution in [-0.4, -0.2) is 111 Å². The van der Waals surface area contributed by atoms with Gasteiger partial charge in [-0.1, -0.05) is 128 Å². The summed E-state index contributed by atoms with van der Waals surface area (Å²) in [6.45, 7) is 10.4. The number of rotatable bonds is 32. The van der Waals surface area contributed by atoms with Crippen LogP contribution < -0.4 is 16.4 Å². The van der Waals surface area contributed by atoms with E-state index in [1.807, 2.05) is 20.8 Å². The molecule has 0 saturated heterocycles. The molecule has 0 aliphatic heterocycles. The van der Waals surface area contributed by atoms with Crippen LogP contribution in [0, 0.1) is 52.3 Å². The highest BCUT2D eigenvalue weighted by molar-refractivity contribution is 8.13. The number of carbonyl (C=O) groups is 7. The number of aliphatic hydroxyl groups is 1. The minimum absolute atomic E-state index is 0.00254. The van der Waals surface area contributed by atoms with Gasteiger partial charge in [0.25, 0.3) is 0 Å². The van der Waals surface area contributed by atoms with E-state index in [0.29, 0.717) is 42.6 Å². The molecule has 5 aliphatic carbocycles. The first kappa shape index (κ1) is 68.5. The molecule has 20 heteroatoms. The van der Waals surface area contributed by atoms with E-state index in [1.54, 1.807) is 38.1 Å². The van der Waals surface area contributed by atoms with Crippen LogP contribution in [0.2, 0.25) is 0 Å². The van der Waals surface area contributed by atoms with E-state index in [2.05, 4.69) is 22.5 Å². The van der Waals surface area contributed by atoms with Crippen LogP contribution >= 0.6 is 19.4 Å². The van der Waals surface area contributed by atoms with E-state index < -0.39 is 95.4 Å². The summed E-state index contributed by atoms with van der Waals surface area (Å²) in [5.74, 6) is 1.70. The molecule has 6 N–H and O–H groups in total. The summed E-state index contributed by atoms with van der Waals surface area (Å²) >= 11 is 1.09. The largest absolute Gasteiger partial charge is 0.449 e. The Labute approximate surface area is 500 Å². The minimum atomic E-state index is -3.90. The van der Waals surface area contributed by atoms with Gasteiger partial charge >= 0.3 is 19.6 Å². The molecule has 16 nitrogen and oxygen atoms in total. The number of primary amides is 1. The van der Waals surface area contributed by atoms with Crippen molar-refractivity contribution in [1.29, 1.82) is 0 Å². The molecular weight excluding hydrogens is 1120 g/mol. The first-order valence-corrected chi connectivity index (χ1v) is 33.4. The number of benzene rings is 1. The monoisotopic (exact) mass is 1210 g/mol. The highest BCUT2D eigenvalue weighted by Gasteiger charge is 2.78. The lowest BCUT2D eigenvalue weighted by molar-refractivity contribution is -0.228. The number of carbonyl (C=O) groups excluding carboxylic acids is 7. The SMILES string of the molecule is CCC(=O)O[C@]1(C(=O)SCCCCCCCCCCP(=O)(O)OCc2ccc(CC(=O)C(CCCNC(N)=O)NC(=O)[C@@H](CC(=O)COC3C#CCCCCC3)C(C)C)cc2)[C@H](C)C[C@H]2[C@@H]3C[C@H](F)C4=CC(=O)C=C[C@]4(C)[C@@]3(F)[C@@H](O)C[C@@]21C. The highest BCUT2D eigenvalue weighted by Crippen LogP contribution is 2.72. The fraction of sp³-hybridized carbons (Fsp3) is 0.703. The smallest absolute Gasteiger partial charge is 0.328 e. The number of hydrogen-bond donors (Lipinski definition) is 5. The number of thioether (sulfide) groups is 1. The van der Waals surface area contributed by atoms with Crippen molar-refractivity contribution in [3.63, 3.8) is 0 Å². The first-order chi connectivity index (χ1) is 39.8. The van der Waals surface area contributed by atoms with E-state index in [1.165, 1.54) is 19.1 Å². The van der Waals surface area contributed by atoms with Gasteiger partial charge in [-0.15, -0.1) is 5.92 Å². The van der Waals surface area contributed by atoms with E-state index >= 15 is 8.78 Å². The van der Waals surface area contributed by atoms with Gasteiger partial charge < -0.3 is 40.4 Å². The van der Waals surface area contributed by atoms with Crippen LogP contribution in [0.15, 0.2) is 48.1 Å². The molecule has 1 aromatic carbocycles. The van der Waals surface area contributed by atoms with Crippen molar-refractivity contribution >= 4 is 59.7 Å². The summed E-state index contributed by atoms with van der Waals surface area (Å²) in [5.41, 5.74) is -0.183. The van der Waals surface area contributed by atoms with Crippen LogP contribution in [0.1, 0.15) is 181 Å². The number of nitrogens with one attached hydrogen (secondary N) is 2. The molecule has 3 saturated carbocycles. The highest BCUT2D eigenvalue weighted by atomic mass is 32.2. The number of unbranched alkanes of at least 4 members (excludes halogenated alkanes) is 7. The Morgan fingerprint density at radius 3 is 2.30 bits per heavy atom. The standard InChI is InChI=1S/C64H92F2N3O13PS/c1-7-57(74)82-64(43(4)34-50-51-38-53(65)52-37-46(70)29-30-61(52,5)63(51,66)56(73)39-62(50,64)6)59(76)84-33-20-16-11-9-8-10-15-19-32-83(78,79)81-40-45-27-25-44(26-28-45)35-55(72)54(24-21-31-68-60(67)77)69-58(75)49(42(2)3)36-47(71)41-80-48-22-17-13-12-14-18-23-48/h25-30,37,42-43,48-51,53-54,56,73H,7-17,19-22,24,31-36,38-41H2,1-6H3,(H,69,75)(H,78,79)(H3,67,68,77)/t43-,48?,49+,50+,51+,53+,54?,56+,61+,62+,63+,64+/m1/s1. The number of halogens is 2. The molecule has 6 rings (SSSR count). The number of urea groups is 1. The van der Waals surface area contributed by atoms with E-state index in [0.717, 1.165) is 88.5 Å². The van der Waals surface area contributed by atoms with Gasteiger partial charge in [0.05, 0.1) is 18.8 Å². The summed E-state index contributed by atoms with van der Waals surface area (Å²) in [6.07, 6.45) is 11.6. The van der Waals surface area contributed by atoms with Gasteiger partial charge in [0, 0.05) is 72.7 Å². The van der Waals surface area contributed by atoms with Crippen molar-refractivity contribution in [3.8, 4) is 11.8 Å². The van der Waals surface area contributed by atoms with Crippen LogP contribution in [0.3, 0.4) is 0 Å². The zero-order valence-electron chi connectivity index (χ0n) is 50.2. The Kier molecular flexibility index (Phi) is 25.2. The van der Waals surface area contributed by atoms with Crippen LogP contribution in [-0.2, 0) is 60.4 Å². The molecule has 3 fully saturated rings. The molecule has 5 aliphatic rings. The number of alkyl halides is 2. The molecule has 84 heavy (non-hydrogen) atoms. The summed E-state index contributed by atoms with van der Waals surface area (Å²) in [6, 6.07) is 5.27. The Hall–Kier alpha value is -4.57. The average Bonchev–Trinajstić information content (AvgIpc) is 1.32. The fourth-order valence-corrected chi connectivity index (χ4v) is 16.2. The molecule has 3 unspecified atom stereocenters. The van der Waals surface area contributed by atoms with Crippen molar-refractivity contribution < 1.29 is 70.9 Å². The van der Waals surface area contributed by atoms with Gasteiger partial charge in [-0.2, -0.15) is 0 Å². The Balaban J connectivity index is 0.897. The fourth-order valence-electron chi connectivity index (χ4n) is 13.9. The van der Waals surface area contributed by atoms with Crippen molar-refractivity contribution in [2.75, 3.05) is 25.1 Å². The summed E-state index contributed by atoms with van der Waals surface area (Å²) in [7, 11) is -3.90. The third-order valence-electron chi connectivity index (χ3n) is 18.7. The summed E-state index contributed by atoms with van der Waals surface area (Å²) < 4.78 is 64.4. The maximum Gasteiger partial charge on any atom is 0.328 e. The molecule has 466 valence electrons. The molecule has 0 radical (unpaired) electrons. The van der Waals surface area contributed by atoms with Crippen molar-refractivity contribution in [3.05, 3.63) is 59.2 Å². The van der Waals surface area contributed by atoms with Gasteiger partial charge in [-0.25, -0.2) is 13.6 Å². The number of Topliss-reactive ketones (excluding diaryl/α,β-unsaturated/α-hetero) is 2. The van der Waals surface area contributed by atoms with Gasteiger partial charge in [0.15, 0.2) is 28.6 Å². The van der Waals surface area contributed by atoms with Crippen LogP contribution in [0.5, 0.6) is 0 Å². The maximum absolute atomic E-state index is 17.8. The van der Waals surface area contributed by atoms with Crippen LogP contribution in [0.4, 0.5) is 13.6 Å². The number of ether oxygens (including phenoxy) is 2. The Morgan fingerprint density at radius 1 is 0.940 bits per heavy atom. The number of fused-ring (bicyclic) bond motifs is 5. The molecule has 0 spiro atoms. The molecule has 0 heterocycles.